The van der Waals surface area contributed by atoms with Crippen LogP contribution in [-0.2, 0) is 0 Å². The van der Waals surface area contributed by atoms with Crippen molar-refractivity contribution in [3.8, 4) is 0 Å². The molecule has 3 heteroatoms. The van der Waals surface area contributed by atoms with Gasteiger partial charge in [0.2, 0.25) is 0 Å². The van der Waals surface area contributed by atoms with Gasteiger partial charge in [-0.05, 0) is 38.1 Å². The number of nitrogens with zero attached hydrogens (tertiary/aromatic N) is 1. The van der Waals surface area contributed by atoms with E-state index in [4.69, 9.17) is 0 Å². The smallest absolute Gasteiger partial charge is 0.0695 e. The van der Waals surface area contributed by atoms with Crippen molar-refractivity contribution in [1.29, 1.82) is 0 Å². The van der Waals surface area contributed by atoms with Crippen molar-refractivity contribution >= 4 is 0 Å². The summed E-state index contributed by atoms with van der Waals surface area (Å²) >= 11 is 0. The Labute approximate surface area is 118 Å². The number of aliphatic hydroxyl groups is 1. The number of rotatable bonds is 5. The summed E-state index contributed by atoms with van der Waals surface area (Å²) in [6, 6.07) is 1.04. The standard InChI is InChI=1S/C16H32N2O/c1-13(2)11-18(12-14-7-6-10-17-14)15-8-4-3-5-9-16(15)19/h13-17,19H,3-12H2,1-2H3. The van der Waals surface area contributed by atoms with E-state index in [1.165, 1.54) is 45.1 Å². The van der Waals surface area contributed by atoms with Crippen molar-refractivity contribution in [3.05, 3.63) is 0 Å². The minimum absolute atomic E-state index is 0.109. The van der Waals surface area contributed by atoms with E-state index in [1.54, 1.807) is 0 Å². The Morgan fingerprint density at radius 2 is 1.89 bits per heavy atom. The molecule has 3 nitrogen and oxygen atoms in total. The predicted molar refractivity (Wildman–Crippen MR) is 80.3 cm³/mol. The Morgan fingerprint density at radius 3 is 2.58 bits per heavy atom. The van der Waals surface area contributed by atoms with Crippen LogP contribution in [0.15, 0.2) is 0 Å². The molecule has 3 atom stereocenters. The first-order valence-electron chi connectivity index (χ1n) is 8.32. The second-order valence-corrected chi connectivity index (χ2v) is 6.91. The van der Waals surface area contributed by atoms with Gasteiger partial charge in [-0.1, -0.05) is 33.1 Å². The molecular formula is C16H32N2O. The Hall–Kier alpha value is -0.120. The van der Waals surface area contributed by atoms with Crippen LogP contribution in [0.2, 0.25) is 0 Å². The third-order valence-electron chi connectivity index (χ3n) is 4.63. The minimum Gasteiger partial charge on any atom is -0.391 e. The molecule has 2 N–H and O–H groups in total. The van der Waals surface area contributed by atoms with Gasteiger partial charge in [-0.25, -0.2) is 0 Å². The molecule has 112 valence electrons. The Bertz CT molecular complexity index is 251. The summed E-state index contributed by atoms with van der Waals surface area (Å²) in [5, 5.41) is 14.1. The molecule has 1 aliphatic heterocycles. The molecule has 2 fully saturated rings. The number of aliphatic hydroxyl groups excluding tert-OH is 1. The molecule has 0 spiro atoms. The average Bonchev–Trinajstić information content (AvgIpc) is 2.76. The van der Waals surface area contributed by atoms with Crippen LogP contribution in [0.5, 0.6) is 0 Å². The lowest BCUT2D eigenvalue weighted by atomic mass is 10.0. The molecule has 0 aromatic carbocycles. The zero-order valence-corrected chi connectivity index (χ0v) is 12.8. The summed E-state index contributed by atoms with van der Waals surface area (Å²) in [6.45, 7) is 8.00. The maximum atomic E-state index is 10.4. The van der Waals surface area contributed by atoms with Crippen molar-refractivity contribution in [2.24, 2.45) is 5.92 Å². The van der Waals surface area contributed by atoms with Crippen molar-refractivity contribution in [3.63, 3.8) is 0 Å². The first-order valence-corrected chi connectivity index (χ1v) is 8.32. The van der Waals surface area contributed by atoms with Gasteiger partial charge in [-0.2, -0.15) is 0 Å². The fourth-order valence-electron chi connectivity index (χ4n) is 3.70. The zero-order valence-electron chi connectivity index (χ0n) is 12.8. The summed E-state index contributed by atoms with van der Waals surface area (Å²) in [4.78, 5) is 2.59. The monoisotopic (exact) mass is 268 g/mol. The molecule has 0 aromatic heterocycles. The third-order valence-corrected chi connectivity index (χ3v) is 4.63. The van der Waals surface area contributed by atoms with Gasteiger partial charge in [0.15, 0.2) is 0 Å². The molecule has 1 saturated heterocycles. The van der Waals surface area contributed by atoms with E-state index in [9.17, 15) is 5.11 Å². The maximum Gasteiger partial charge on any atom is 0.0695 e. The van der Waals surface area contributed by atoms with Gasteiger partial charge >= 0.3 is 0 Å². The van der Waals surface area contributed by atoms with E-state index < -0.39 is 0 Å². The first kappa shape index (κ1) is 15.3. The molecular weight excluding hydrogens is 236 g/mol. The minimum atomic E-state index is -0.109. The maximum absolute atomic E-state index is 10.4. The Balaban J connectivity index is 1.97. The highest BCUT2D eigenvalue weighted by Gasteiger charge is 2.30. The van der Waals surface area contributed by atoms with Gasteiger partial charge in [0.1, 0.15) is 0 Å². The Morgan fingerprint density at radius 1 is 1.11 bits per heavy atom. The van der Waals surface area contributed by atoms with Crippen LogP contribution in [0, 0.1) is 5.92 Å². The summed E-state index contributed by atoms with van der Waals surface area (Å²) in [5.41, 5.74) is 0. The molecule has 2 rings (SSSR count). The van der Waals surface area contributed by atoms with Crippen molar-refractivity contribution in [1.82, 2.24) is 10.2 Å². The molecule has 0 amide bonds. The van der Waals surface area contributed by atoms with Gasteiger partial charge in [0, 0.05) is 25.2 Å². The largest absolute Gasteiger partial charge is 0.391 e. The second kappa shape index (κ2) is 7.61. The van der Waals surface area contributed by atoms with Crippen molar-refractivity contribution < 1.29 is 5.11 Å². The van der Waals surface area contributed by atoms with Gasteiger partial charge in [-0.3, -0.25) is 4.90 Å². The van der Waals surface area contributed by atoms with E-state index in [0.29, 0.717) is 18.0 Å². The number of hydrogen-bond donors (Lipinski definition) is 2. The van der Waals surface area contributed by atoms with Crippen molar-refractivity contribution in [2.45, 2.75) is 77.0 Å². The lowest BCUT2D eigenvalue weighted by molar-refractivity contribution is 0.0336. The summed E-state index contributed by atoms with van der Waals surface area (Å²) in [7, 11) is 0. The lowest BCUT2D eigenvalue weighted by Crippen LogP contribution is -2.49. The van der Waals surface area contributed by atoms with Gasteiger partial charge in [0.05, 0.1) is 6.10 Å². The van der Waals surface area contributed by atoms with E-state index in [0.717, 1.165) is 19.5 Å². The number of nitrogens with one attached hydrogen (secondary N) is 1. The SMILES string of the molecule is CC(C)CN(CC1CCCN1)C1CCCCCC1O. The molecule has 1 saturated carbocycles. The summed E-state index contributed by atoms with van der Waals surface area (Å²) in [5.74, 6) is 0.678. The normalized spacial score (nSPS) is 33.0. The van der Waals surface area contributed by atoms with Crippen LogP contribution >= 0.6 is 0 Å². The van der Waals surface area contributed by atoms with Crippen LogP contribution in [0.3, 0.4) is 0 Å². The molecule has 1 heterocycles. The second-order valence-electron chi connectivity index (χ2n) is 6.91. The number of hydrogen-bond acceptors (Lipinski definition) is 3. The van der Waals surface area contributed by atoms with Crippen LogP contribution < -0.4 is 5.32 Å². The fourth-order valence-corrected chi connectivity index (χ4v) is 3.70. The fraction of sp³-hybridized carbons (Fsp3) is 1.00. The molecule has 2 aliphatic rings. The van der Waals surface area contributed by atoms with Crippen LogP contribution in [-0.4, -0.2) is 47.8 Å². The Kier molecular flexibility index (Phi) is 6.11. The highest BCUT2D eigenvalue weighted by molar-refractivity contribution is 4.86. The predicted octanol–water partition coefficient (Wildman–Crippen LogP) is 2.39. The summed E-state index contributed by atoms with van der Waals surface area (Å²) < 4.78 is 0. The molecule has 1 aliphatic carbocycles. The van der Waals surface area contributed by atoms with E-state index >= 15 is 0 Å². The van der Waals surface area contributed by atoms with Crippen LogP contribution in [0.1, 0.15) is 58.8 Å². The topological polar surface area (TPSA) is 35.5 Å². The van der Waals surface area contributed by atoms with E-state index in [2.05, 4.69) is 24.1 Å². The first-order chi connectivity index (χ1) is 9.16. The quantitative estimate of drug-likeness (QED) is 0.752. The van der Waals surface area contributed by atoms with Gasteiger partial charge in [-0.15, -0.1) is 0 Å². The molecule has 0 radical (unpaired) electrons. The highest BCUT2D eigenvalue weighted by Crippen LogP contribution is 2.24. The molecule has 0 aromatic rings. The van der Waals surface area contributed by atoms with Crippen LogP contribution in [0.4, 0.5) is 0 Å². The summed E-state index contributed by atoms with van der Waals surface area (Å²) in [6.07, 6.45) is 8.47. The third kappa shape index (κ3) is 4.73. The highest BCUT2D eigenvalue weighted by atomic mass is 16.3. The zero-order chi connectivity index (χ0) is 13.7. The molecule has 0 bridgehead atoms. The molecule has 3 unspecified atom stereocenters. The average molecular weight is 268 g/mol. The van der Waals surface area contributed by atoms with E-state index in [1.807, 2.05) is 0 Å². The van der Waals surface area contributed by atoms with E-state index in [-0.39, 0.29) is 6.10 Å². The lowest BCUT2D eigenvalue weighted by Gasteiger charge is -2.37. The molecule has 19 heavy (non-hydrogen) atoms. The van der Waals surface area contributed by atoms with Gasteiger partial charge < -0.3 is 10.4 Å². The van der Waals surface area contributed by atoms with Crippen LogP contribution in [0.25, 0.3) is 0 Å². The van der Waals surface area contributed by atoms with Crippen molar-refractivity contribution in [2.75, 3.05) is 19.6 Å². The van der Waals surface area contributed by atoms with Gasteiger partial charge in [0.25, 0.3) is 0 Å².